The number of anilines is 2. The highest BCUT2D eigenvalue weighted by Gasteiger charge is 2.27. The zero-order valence-electron chi connectivity index (χ0n) is 20.1. The lowest BCUT2D eigenvalue weighted by atomic mass is 9.95. The smallest absolute Gasteiger partial charge is 0.227 e. The van der Waals surface area contributed by atoms with E-state index in [1.54, 1.807) is 6.33 Å². The molecule has 6 rings (SSSR count). The predicted octanol–water partition coefficient (Wildman–Crippen LogP) is 5.04. The standard InChI is InChI=1S/C28H27N5O3/c1-17-15-29-26-25(17)27(31-16-30-26)33-11-9-18(10-12-33)28(35)32-20-3-2-4-21(14-20)36-22-6-7-23-19(13-22)5-8-24(23)34/h2-4,6-7,13-16,18H,5,8-12H2,1H3,(H,32,35)(H,29,30,31). The Hall–Kier alpha value is -4.20. The first-order valence-corrected chi connectivity index (χ1v) is 12.3. The van der Waals surface area contributed by atoms with Crippen molar-refractivity contribution in [2.75, 3.05) is 23.3 Å². The summed E-state index contributed by atoms with van der Waals surface area (Å²) in [5, 5.41) is 4.11. The van der Waals surface area contributed by atoms with Crippen molar-refractivity contribution in [2.24, 2.45) is 5.92 Å². The van der Waals surface area contributed by atoms with Crippen LogP contribution in [0.4, 0.5) is 11.5 Å². The van der Waals surface area contributed by atoms with Gasteiger partial charge < -0.3 is 19.9 Å². The van der Waals surface area contributed by atoms with E-state index in [1.165, 1.54) is 0 Å². The van der Waals surface area contributed by atoms with Crippen molar-refractivity contribution in [3.8, 4) is 11.5 Å². The Labute approximate surface area is 208 Å². The third-order valence-corrected chi connectivity index (χ3v) is 7.15. The van der Waals surface area contributed by atoms with Gasteiger partial charge in [-0.25, -0.2) is 9.97 Å². The number of piperidine rings is 1. The van der Waals surface area contributed by atoms with Crippen molar-refractivity contribution >= 4 is 34.2 Å². The Morgan fingerprint density at radius 3 is 2.78 bits per heavy atom. The van der Waals surface area contributed by atoms with Gasteiger partial charge in [-0.3, -0.25) is 9.59 Å². The van der Waals surface area contributed by atoms with Gasteiger partial charge >= 0.3 is 0 Å². The number of rotatable bonds is 5. The predicted molar refractivity (Wildman–Crippen MR) is 138 cm³/mol. The molecule has 0 unspecified atom stereocenters. The highest BCUT2D eigenvalue weighted by Crippen LogP contribution is 2.32. The molecule has 8 nitrogen and oxygen atoms in total. The summed E-state index contributed by atoms with van der Waals surface area (Å²) < 4.78 is 6.02. The molecule has 2 aromatic heterocycles. The average molecular weight is 482 g/mol. The quantitative estimate of drug-likeness (QED) is 0.414. The topological polar surface area (TPSA) is 100 Å². The van der Waals surface area contributed by atoms with Crippen LogP contribution < -0.4 is 15.0 Å². The van der Waals surface area contributed by atoms with Crippen LogP contribution in [0.5, 0.6) is 11.5 Å². The van der Waals surface area contributed by atoms with Crippen molar-refractivity contribution in [2.45, 2.75) is 32.6 Å². The van der Waals surface area contributed by atoms with E-state index in [1.807, 2.05) is 48.7 Å². The van der Waals surface area contributed by atoms with Crippen LogP contribution in [-0.2, 0) is 11.2 Å². The summed E-state index contributed by atoms with van der Waals surface area (Å²) in [5.41, 5.74) is 4.49. The summed E-state index contributed by atoms with van der Waals surface area (Å²) in [6.45, 7) is 3.58. The first-order valence-electron chi connectivity index (χ1n) is 12.3. The molecule has 2 aliphatic rings. The SMILES string of the molecule is Cc1c[nH]c2ncnc(N3CCC(C(=O)Nc4cccc(Oc5ccc6c(c5)CCC6=O)c4)CC3)c12. The van der Waals surface area contributed by atoms with Crippen LogP contribution in [0.25, 0.3) is 11.0 Å². The number of carbonyl (C=O) groups excluding carboxylic acids is 2. The fourth-order valence-electron chi connectivity index (χ4n) is 5.20. The minimum atomic E-state index is -0.0651. The molecular formula is C28H27N5O3. The van der Waals surface area contributed by atoms with E-state index in [2.05, 4.69) is 32.1 Å². The zero-order valence-corrected chi connectivity index (χ0v) is 20.1. The lowest BCUT2D eigenvalue weighted by Crippen LogP contribution is -2.38. The molecule has 0 saturated carbocycles. The Morgan fingerprint density at radius 1 is 1.08 bits per heavy atom. The molecule has 1 aliphatic carbocycles. The number of carbonyl (C=O) groups is 2. The van der Waals surface area contributed by atoms with E-state index < -0.39 is 0 Å². The molecule has 2 aromatic carbocycles. The first kappa shape index (κ1) is 22.3. The second kappa shape index (κ2) is 9.11. The number of fused-ring (bicyclic) bond motifs is 2. The number of ketones is 1. The molecule has 1 fully saturated rings. The zero-order chi connectivity index (χ0) is 24.6. The summed E-state index contributed by atoms with van der Waals surface area (Å²) in [5.74, 6) is 2.41. The second-order valence-electron chi connectivity index (χ2n) is 9.52. The van der Waals surface area contributed by atoms with Gasteiger partial charge in [0.2, 0.25) is 5.91 Å². The largest absolute Gasteiger partial charge is 0.457 e. The van der Waals surface area contributed by atoms with E-state index in [9.17, 15) is 9.59 Å². The number of H-pyrrole nitrogens is 1. The van der Waals surface area contributed by atoms with E-state index in [-0.39, 0.29) is 17.6 Å². The summed E-state index contributed by atoms with van der Waals surface area (Å²) in [6.07, 6.45) is 6.37. The van der Waals surface area contributed by atoms with Crippen molar-refractivity contribution in [1.29, 1.82) is 0 Å². The number of nitrogens with one attached hydrogen (secondary N) is 2. The second-order valence-corrected chi connectivity index (χ2v) is 9.52. The maximum absolute atomic E-state index is 13.0. The minimum Gasteiger partial charge on any atom is -0.457 e. The van der Waals surface area contributed by atoms with Crippen LogP contribution in [0.3, 0.4) is 0 Å². The number of aryl methyl sites for hydroxylation is 2. The Kier molecular flexibility index (Phi) is 5.64. The monoisotopic (exact) mass is 481 g/mol. The molecule has 36 heavy (non-hydrogen) atoms. The molecule has 1 amide bonds. The number of Topliss-reactive ketones (excluding diaryl/α,β-unsaturated/α-hetero) is 1. The molecular weight excluding hydrogens is 454 g/mol. The molecule has 2 N–H and O–H groups in total. The molecule has 8 heteroatoms. The first-order chi connectivity index (χ1) is 17.5. The van der Waals surface area contributed by atoms with Gasteiger partial charge in [-0.15, -0.1) is 0 Å². The van der Waals surface area contributed by atoms with Crippen LogP contribution >= 0.6 is 0 Å². The normalized spacial score (nSPS) is 15.8. The van der Waals surface area contributed by atoms with Gasteiger partial charge in [-0.05, 0) is 67.6 Å². The number of amides is 1. The molecule has 1 saturated heterocycles. The molecule has 0 radical (unpaired) electrons. The summed E-state index contributed by atoms with van der Waals surface area (Å²) >= 11 is 0. The highest BCUT2D eigenvalue weighted by molar-refractivity contribution is 6.00. The van der Waals surface area contributed by atoms with Crippen molar-refractivity contribution in [3.05, 3.63) is 71.7 Å². The summed E-state index contributed by atoms with van der Waals surface area (Å²) in [4.78, 5) is 39.2. The number of hydrogen-bond acceptors (Lipinski definition) is 6. The number of hydrogen-bond donors (Lipinski definition) is 2. The van der Waals surface area contributed by atoms with E-state index in [0.717, 1.165) is 65.9 Å². The van der Waals surface area contributed by atoms with Crippen LogP contribution in [0.1, 0.15) is 40.7 Å². The molecule has 1 aliphatic heterocycles. The Morgan fingerprint density at radius 2 is 1.92 bits per heavy atom. The van der Waals surface area contributed by atoms with Crippen LogP contribution in [0.15, 0.2) is 55.0 Å². The van der Waals surface area contributed by atoms with E-state index in [4.69, 9.17) is 4.74 Å². The molecule has 0 bridgehead atoms. The van der Waals surface area contributed by atoms with Gasteiger partial charge in [-0.2, -0.15) is 0 Å². The van der Waals surface area contributed by atoms with Crippen LogP contribution in [0.2, 0.25) is 0 Å². The molecule has 182 valence electrons. The molecule has 3 heterocycles. The fraction of sp³-hybridized carbons (Fsp3) is 0.286. The minimum absolute atomic E-state index is 0.0218. The summed E-state index contributed by atoms with van der Waals surface area (Å²) in [7, 11) is 0. The van der Waals surface area contributed by atoms with E-state index >= 15 is 0 Å². The average Bonchev–Trinajstić information content (AvgIpc) is 3.46. The number of ether oxygens (including phenoxy) is 1. The van der Waals surface area contributed by atoms with Crippen LogP contribution in [0, 0.1) is 12.8 Å². The van der Waals surface area contributed by atoms with Gasteiger partial charge in [-0.1, -0.05) is 6.07 Å². The Bertz CT molecular complexity index is 1470. The van der Waals surface area contributed by atoms with Crippen molar-refractivity contribution in [1.82, 2.24) is 15.0 Å². The van der Waals surface area contributed by atoms with Gasteiger partial charge in [0.15, 0.2) is 5.78 Å². The lowest BCUT2D eigenvalue weighted by molar-refractivity contribution is -0.120. The van der Waals surface area contributed by atoms with Gasteiger partial charge in [0.05, 0.1) is 5.39 Å². The number of nitrogens with zero attached hydrogens (tertiary/aromatic N) is 3. The van der Waals surface area contributed by atoms with Gasteiger partial charge in [0, 0.05) is 48.9 Å². The number of aromatic nitrogens is 3. The lowest BCUT2D eigenvalue weighted by Gasteiger charge is -2.32. The van der Waals surface area contributed by atoms with Gasteiger partial charge in [0.1, 0.15) is 29.3 Å². The third kappa shape index (κ3) is 4.19. The fourth-order valence-corrected chi connectivity index (χ4v) is 5.20. The summed E-state index contributed by atoms with van der Waals surface area (Å²) in [6, 6.07) is 13.0. The van der Waals surface area contributed by atoms with Crippen molar-refractivity contribution < 1.29 is 14.3 Å². The highest BCUT2D eigenvalue weighted by atomic mass is 16.5. The molecule has 4 aromatic rings. The molecule has 0 atom stereocenters. The Balaban J connectivity index is 1.09. The van der Waals surface area contributed by atoms with E-state index in [0.29, 0.717) is 23.6 Å². The molecule has 0 spiro atoms. The third-order valence-electron chi connectivity index (χ3n) is 7.15. The van der Waals surface area contributed by atoms with Gasteiger partial charge in [0.25, 0.3) is 0 Å². The van der Waals surface area contributed by atoms with Crippen molar-refractivity contribution in [3.63, 3.8) is 0 Å². The number of benzene rings is 2. The van der Waals surface area contributed by atoms with Crippen LogP contribution in [-0.4, -0.2) is 39.7 Å². The number of aromatic amines is 1. The maximum Gasteiger partial charge on any atom is 0.227 e. The maximum atomic E-state index is 13.0.